The second-order valence-electron chi connectivity index (χ2n) is 3.58. The summed E-state index contributed by atoms with van der Waals surface area (Å²) in [5.74, 6) is -0.00741. The molecule has 0 fully saturated rings. The van der Waals surface area contributed by atoms with Gasteiger partial charge in [-0.2, -0.15) is 0 Å². The third kappa shape index (κ3) is 2.99. The van der Waals surface area contributed by atoms with Crippen LogP contribution in [-0.4, -0.2) is 5.78 Å². The van der Waals surface area contributed by atoms with Gasteiger partial charge in [-0.1, -0.05) is 27.5 Å². The molecular formula is C12H7Br2ClOS. The third-order valence-corrected chi connectivity index (χ3v) is 5.10. The largest absolute Gasteiger partial charge is 0.288 e. The van der Waals surface area contributed by atoms with Gasteiger partial charge >= 0.3 is 0 Å². The van der Waals surface area contributed by atoms with Crippen molar-refractivity contribution in [3.63, 3.8) is 0 Å². The van der Waals surface area contributed by atoms with Crippen molar-refractivity contribution in [2.24, 2.45) is 0 Å². The fourth-order valence-corrected chi connectivity index (χ4v) is 3.74. The van der Waals surface area contributed by atoms with Crippen LogP contribution in [0.1, 0.15) is 20.8 Å². The molecule has 0 radical (unpaired) electrons. The summed E-state index contributed by atoms with van der Waals surface area (Å²) >= 11 is 14.0. The molecule has 2 aromatic rings. The number of hydrogen-bond donors (Lipinski definition) is 0. The molecule has 5 heteroatoms. The molecule has 0 bridgehead atoms. The maximum absolute atomic E-state index is 12.2. The molecule has 0 saturated heterocycles. The normalized spacial score (nSPS) is 10.6. The minimum absolute atomic E-state index is 0.00741. The van der Waals surface area contributed by atoms with Gasteiger partial charge < -0.3 is 0 Å². The number of carbonyl (C=O) groups is 1. The number of rotatable bonds is 2. The predicted molar refractivity (Wildman–Crippen MR) is 79.3 cm³/mol. The van der Waals surface area contributed by atoms with Crippen molar-refractivity contribution in [2.45, 2.75) is 6.92 Å². The molecule has 0 atom stereocenters. The zero-order valence-corrected chi connectivity index (χ0v) is 13.5. The Hall–Kier alpha value is -0.160. The van der Waals surface area contributed by atoms with Crippen LogP contribution in [0.15, 0.2) is 32.5 Å². The fourth-order valence-electron chi connectivity index (χ4n) is 1.47. The first-order chi connectivity index (χ1) is 7.97. The quantitative estimate of drug-likeness (QED) is 0.618. The number of aryl methyl sites for hydroxylation is 1. The lowest BCUT2D eigenvalue weighted by Gasteiger charge is -2.01. The Kier molecular flexibility index (Phi) is 4.08. The topological polar surface area (TPSA) is 17.1 Å². The number of hydrogen-bond acceptors (Lipinski definition) is 2. The molecule has 0 N–H and O–H groups in total. The Labute approximate surface area is 125 Å². The lowest BCUT2D eigenvalue weighted by atomic mass is 10.1. The summed E-state index contributed by atoms with van der Waals surface area (Å²) in [6, 6.07) is 7.34. The minimum Gasteiger partial charge on any atom is -0.288 e. The fraction of sp³-hybridized carbons (Fsp3) is 0.0833. The molecule has 0 unspecified atom stereocenters. The standard InChI is InChI=1S/C12H7Br2ClOS/c1-6-2-7(4-8(13)3-6)11(16)10-5-9(15)12(14)17-10/h2-5H,1H3. The number of halogens is 3. The van der Waals surface area contributed by atoms with E-state index in [-0.39, 0.29) is 5.78 Å². The van der Waals surface area contributed by atoms with Gasteiger partial charge in [0.2, 0.25) is 5.78 Å². The Balaban J connectivity index is 2.43. The van der Waals surface area contributed by atoms with Crippen LogP contribution in [0.2, 0.25) is 5.02 Å². The molecule has 1 nitrogen and oxygen atoms in total. The summed E-state index contributed by atoms with van der Waals surface area (Å²) < 4.78 is 1.69. The van der Waals surface area contributed by atoms with Gasteiger partial charge in [0, 0.05) is 10.0 Å². The van der Waals surface area contributed by atoms with Crippen molar-refractivity contribution >= 4 is 60.6 Å². The van der Waals surface area contributed by atoms with Crippen molar-refractivity contribution in [3.8, 4) is 0 Å². The van der Waals surface area contributed by atoms with Crippen molar-refractivity contribution in [3.05, 3.63) is 53.6 Å². The second-order valence-corrected chi connectivity index (χ2v) is 7.27. The van der Waals surface area contributed by atoms with Crippen molar-refractivity contribution < 1.29 is 4.79 Å². The van der Waals surface area contributed by atoms with Crippen molar-refractivity contribution in [1.29, 1.82) is 0 Å². The van der Waals surface area contributed by atoms with Crippen LogP contribution < -0.4 is 0 Å². The van der Waals surface area contributed by atoms with Gasteiger partial charge in [-0.05, 0) is 52.7 Å². The monoisotopic (exact) mass is 392 g/mol. The molecule has 17 heavy (non-hydrogen) atoms. The number of benzene rings is 1. The van der Waals surface area contributed by atoms with Crippen molar-refractivity contribution in [2.75, 3.05) is 0 Å². The van der Waals surface area contributed by atoms with Gasteiger partial charge in [0.25, 0.3) is 0 Å². The molecule has 0 saturated carbocycles. The number of ketones is 1. The van der Waals surface area contributed by atoms with E-state index in [0.717, 1.165) is 13.8 Å². The van der Waals surface area contributed by atoms with E-state index in [4.69, 9.17) is 11.6 Å². The molecule has 1 aromatic carbocycles. The average molecular weight is 395 g/mol. The maximum atomic E-state index is 12.2. The van der Waals surface area contributed by atoms with E-state index < -0.39 is 0 Å². The van der Waals surface area contributed by atoms with Gasteiger partial charge in [-0.25, -0.2) is 0 Å². The Morgan fingerprint density at radius 1 is 1.24 bits per heavy atom. The molecule has 2 rings (SSSR count). The summed E-state index contributed by atoms with van der Waals surface area (Å²) in [6.07, 6.45) is 0. The second kappa shape index (κ2) is 5.22. The van der Waals surface area contributed by atoms with Crippen LogP contribution in [0, 0.1) is 6.92 Å². The van der Waals surface area contributed by atoms with Crippen LogP contribution in [0.4, 0.5) is 0 Å². The first-order valence-electron chi connectivity index (χ1n) is 4.74. The average Bonchev–Trinajstić information content (AvgIpc) is 2.57. The molecule has 0 aliphatic carbocycles. The summed E-state index contributed by atoms with van der Waals surface area (Å²) in [6.45, 7) is 1.96. The smallest absolute Gasteiger partial charge is 0.203 e. The highest BCUT2D eigenvalue weighted by Crippen LogP contribution is 2.33. The van der Waals surface area contributed by atoms with E-state index in [0.29, 0.717) is 15.5 Å². The molecule has 0 aliphatic heterocycles. The van der Waals surface area contributed by atoms with Crippen LogP contribution in [0.25, 0.3) is 0 Å². The molecular weight excluding hydrogens is 387 g/mol. The van der Waals surface area contributed by atoms with Gasteiger partial charge in [0.15, 0.2) is 0 Å². The van der Waals surface area contributed by atoms with Gasteiger partial charge in [0.05, 0.1) is 13.7 Å². The summed E-state index contributed by atoms with van der Waals surface area (Å²) in [4.78, 5) is 12.9. The zero-order valence-electron chi connectivity index (χ0n) is 8.76. The third-order valence-electron chi connectivity index (χ3n) is 2.17. The molecule has 0 amide bonds. The molecule has 1 heterocycles. The van der Waals surface area contributed by atoms with E-state index in [9.17, 15) is 4.79 Å². The van der Waals surface area contributed by atoms with Crippen LogP contribution >= 0.6 is 54.8 Å². The number of carbonyl (C=O) groups excluding carboxylic acids is 1. The van der Waals surface area contributed by atoms with E-state index in [1.807, 2.05) is 25.1 Å². The Bertz CT molecular complexity index is 552. The van der Waals surface area contributed by atoms with Crippen LogP contribution in [0.3, 0.4) is 0 Å². The van der Waals surface area contributed by atoms with Gasteiger partial charge in [-0.15, -0.1) is 11.3 Å². The van der Waals surface area contributed by atoms with Crippen LogP contribution in [0.5, 0.6) is 0 Å². The Morgan fingerprint density at radius 3 is 2.47 bits per heavy atom. The highest BCUT2D eigenvalue weighted by Gasteiger charge is 2.15. The minimum atomic E-state index is -0.00741. The highest BCUT2D eigenvalue weighted by atomic mass is 79.9. The Morgan fingerprint density at radius 2 is 1.94 bits per heavy atom. The van der Waals surface area contributed by atoms with E-state index in [2.05, 4.69) is 31.9 Å². The molecule has 0 aliphatic rings. The van der Waals surface area contributed by atoms with Crippen LogP contribution in [-0.2, 0) is 0 Å². The molecule has 1 aromatic heterocycles. The SMILES string of the molecule is Cc1cc(Br)cc(C(=O)c2cc(Cl)c(Br)s2)c1. The lowest BCUT2D eigenvalue weighted by molar-refractivity contribution is 0.104. The summed E-state index contributed by atoms with van der Waals surface area (Å²) in [5.41, 5.74) is 1.71. The first-order valence-corrected chi connectivity index (χ1v) is 7.52. The van der Waals surface area contributed by atoms with Crippen molar-refractivity contribution in [1.82, 2.24) is 0 Å². The first kappa shape index (κ1) is 13.3. The molecule has 0 spiro atoms. The highest BCUT2D eigenvalue weighted by molar-refractivity contribution is 9.11. The van der Waals surface area contributed by atoms with E-state index in [1.54, 1.807) is 6.07 Å². The predicted octanol–water partition coefficient (Wildman–Crippen LogP) is 5.47. The number of thiophene rings is 1. The van der Waals surface area contributed by atoms with Gasteiger partial charge in [0.1, 0.15) is 0 Å². The van der Waals surface area contributed by atoms with Gasteiger partial charge in [-0.3, -0.25) is 4.79 Å². The summed E-state index contributed by atoms with van der Waals surface area (Å²) in [7, 11) is 0. The summed E-state index contributed by atoms with van der Waals surface area (Å²) in [5, 5.41) is 0.574. The molecule has 88 valence electrons. The lowest BCUT2D eigenvalue weighted by Crippen LogP contribution is -1.98. The van der Waals surface area contributed by atoms with E-state index in [1.165, 1.54) is 11.3 Å². The zero-order chi connectivity index (χ0) is 12.6. The maximum Gasteiger partial charge on any atom is 0.203 e. The van der Waals surface area contributed by atoms with E-state index >= 15 is 0 Å².